The number of hydrazone groups is 1. The monoisotopic (exact) mass is 420 g/mol. The van der Waals surface area contributed by atoms with Crippen LogP contribution in [0.3, 0.4) is 0 Å². The van der Waals surface area contributed by atoms with Crippen molar-refractivity contribution in [2.45, 2.75) is 33.2 Å². The Labute approximate surface area is 174 Å². The molecule has 28 heavy (non-hydrogen) atoms. The number of anilines is 2. The maximum atomic E-state index is 11.8. The lowest BCUT2D eigenvalue weighted by Gasteiger charge is -2.13. The van der Waals surface area contributed by atoms with Crippen molar-refractivity contribution >= 4 is 52.6 Å². The van der Waals surface area contributed by atoms with E-state index in [0.29, 0.717) is 15.6 Å². The van der Waals surface area contributed by atoms with E-state index in [-0.39, 0.29) is 6.04 Å². The van der Waals surface area contributed by atoms with E-state index >= 15 is 0 Å². The summed E-state index contributed by atoms with van der Waals surface area (Å²) >= 11 is 12.1. The third-order valence-corrected chi connectivity index (χ3v) is 4.52. The van der Waals surface area contributed by atoms with Gasteiger partial charge in [-0.05, 0) is 56.2 Å². The summed E-state index contributed by atoms with van der Waals surface area (Å²) in [6.07, 6.45) is 2.14. The topological polar surface area (TPSA) is 82.6 Å². The van der Waals surface area contributed by atoms with Crippen molar-refractivity contribution < 1.29 is 9.59 Å². The van der Waals surface area contributed by atoms with Gasteiger partial charge in [0.05, 0.1) is 6.21 Å². The predicted octanol–water partition coefficient (Wildman–Crippen LogP) is 4.41. The van der Waals surface area contributed by atoms with Crippen molar-refractivity contribution in [1.82, 2.24) is 10.7 Å². The van der Waals surface area contributed by atoms with E-state index < -0.39 is 11.8 Å². The van der Waals surface area contributed by atoms with Gasteiger partial charge in [-0.1, -0.05) is 36.2 Å². The second-order valence-electron chi connectivity index (χ2n) is 6.30. The van der Waals surface area contributed by atoms with Crippen LogP contribution in [0.4, 0.5) is 11.4 Å². The Morgan fingerprint density at radius 1 is 1.07 bits per heavy atom. The number of halogens is 2. The Morgan fingerprint density at radius 2 is 1.75 bits per heavy atom. The van der Waals surface area contributed by atoms with Crippen LogP contribution in [0.25, 0.3) is 0 Å². The number of amides is 2. The molecule has 8 heteroatoms. The summed E-state index contributed by atoms with van der Waals surface area (Å²) < 4.78 is 0. The van der Waals surface area contributed by atoms with Crippen LogP contribution in [0, 0.1) is 6.92 Å². The fourth-order valence-corrected chi connectivity index (χ4v) is 2.58. The molecule has 2 amide bonds. The van der Waals surface area contributed by atoms with E-state index in [1.807, 2.05) is 39.0 Å². The van der Waals surface area contributed by atoms with E-state index in [4.69, 9.17) is 23.2 Å². The molecule has 0 fully saturated rings. The average Bonchev–Trinajstić information content (AvgIpc) is 2.66. The van der Waals surface area contributed by atoms with Crippen LogP contribution in [-0.2, 0) is 9.59 Å². The molecule has 0 saturated heterocycles. The molecule has 2 aromatic carbocycles. The highest BCUT2D eigenvalue weighted by Gasteiger charge is 2.14. The Hall–Kier alpha value is -2.57. The number of hydrogen-bond acceptors (Lipinski definition) is 4. The van der Waals surface area contributed by atoms with Crippen molar-refractivity contribution in [2.24, 2.45) is 5.10 Å². The quantitative estimate of drug-likeness (QED) is 0.367. The maximum absolute atomic E-state index is 11.8. The Morgan fingerprint density at radius 3 is 2.46 bits per heavy atom. The second kappa shape index (κ2) is 10.1. The van der Waals surface area contributed by atoms with Crippen molar-refractivity contribution in [3.63, 3.8) is 0 Å². The van der Waals surface area contributed by atoms with Crippen molar-refractivity contribution in [2.75, 3.05) is 5.32 Å². The molecule has 0 saturated carbocycles. The average molecular weight is 421 g/mol. The summed E-state index contributed by atoms with van der Waals surface area (Å²) in [5.41, 5.74) is 5.42. The molecule has 0 bridgehead atoms. The molecular weight excluding hydrogens is 399 g/mol. The third-order valence-electron chi connectivity index (χ3n) is 4.05. The summed E-state index contributed by atoms with van der Waals surface area (Å²) in [6, 6.07) is 10.7. The molecule has 0 unspecified atom stereocenters. The van der Waals surface area contributed by atoms with Gasteiger partial charge in [-0.2, -0.15) is 5.10 Å². The fraction of sp³-hybridized carbons (Fsp3) is 0.250. The Kier molecular flexibility index (Phi) is 7.84. The van der Waals surface area contributed by atoms with Gasteiger partial charge in [0.25, 0.3) is 0 Å². The van der Waals surface area contributed by atoms with E-state index in [1.54, 1.807) is 18.2 Å². The summed E-state index contributed by atoms with van der Waals surface area (Å²) in [5, 5.41) is 10.8. The number of carbonyl (C=O) groups is 2. The Balaban J connectivity index is 2.14. The lowest BCUT2D eigenvalue weighted by molar-refractivity contribution is -0.139. The lowest BCUT2D eigenvalue weighted by Crippen LogP contribution is -2.41. The normalized spacial score (nSPS) is 11.9. The molecule has 0 heterocycles. The van der Waals surface area contributed by atoms with Gasteiger partial charge >= 0.3 is 11.8 Å². The van der Waals surface area contributed by atoms with Gasteiger partial charge in [0, 0.05) is 33.0 Å². The smallest absolute Gasteiger partial charge is 0.329 e. The van der Waals surface area contributed by atoms with Gasteiger partial charge < -0.3 is 10.6 Å². The molecule has 2 rings (SSSR count). The number of nitrogens with one attached hydrogen (secondary N) is 3. The van der Waals surface area contributed by atoms with E-state index in [0.717, 1.165) is 23.4 Å². The molecule has 0 aliphatic rings. The number of hydrogen-bond donors (Lipinski definition) is 3. The lowest BCUT2D eigenvalue weighted by atomic mass is 10.1. The zero-order valence-electron chi connectivity index (χ0n) is 15.8. The number of rotatable bonds is 6. The fourth-order valence-electron chi connectivity index (χ4n) is 2.23. The van der Waals surface area contributed by atoms with E-state index in [1.165, 1.54) is 6.21 Å². The van der Waals surface area contributed by atoms with E-state index in [2.05, 4.69) is 21.2 Å². The van der Waals surface area contributed by atoms with Crippen LogP contribution >= 0.6 is 23.2 Å². The highest BCUT2D eigenvalue weighted by atomic mass is 35.5. The standard InChI is InChI=1S/C20H22Cl2N4O2/c1-4-13(3)24-19(27)20(28)26-23-11-14-9-15(21)7-8-17(14)25-18-10-16(22)6-5-12(18)2/h5-11,13,25H,4H2,1-3H3,(H,24,27)(H,26,28)/b23-11-/t13-/m0/s1. The summed E-state index contributed by atoms with van der Waals surface area (Å²) in [4.78, 5) is 23.6. The number of carbonyl (C=O) groups excluding carboxylic acids is 2. The van der Waals surface area contributed by atoms with Crippen LogP contribution in [0.5, 0.6) is 0 Å². The number of aryl methyl sites for hydroxylation is 1. The van der Waals surface area contributed by atoms with Crippen molar-refractivity contribution in [3.05, 3.63) is 57.6 Å². The Bertz CT molecular complexity index is 900. The summed E-state index contributed by atoms with van der Waals surface area (Å²) in [6.45, 7) is 5.69. The van der Waals surface area contributed by atoms with Gasteiger partial charge in [0.1, 0.15) is 0 Å². The molecule has 0 radical (unpaired) electrons. The SMILES string of the molecule is CC[C@H](C)NC(=O)C(=O)N/N=C\c1cc(Cl)ccc1Nc1cc(Cl)ccc1C. The first-order valence-electron chi connectivity index (χ1n) is 8.76. The molecular formula is C20H22Cl2N4O2. The second-order valence-corrected chi connectivity index (χ2v) is 7.17. The molecule has 2 aromatic rings. The molecule has 6 nitrogen and oxygen atoms in total. The van der Waals surface area contributed by atoms with Gasteiger partial charge in [0.2, 0.25) is 0 Å². The maximum Gasteiger partial charge on any atom is 0.329 e. The van der Waals surface area contributed by atoms with Gasteiger partial charge in [-0.25, -0.2) is 5.43 Å². The molecule has 0 aromatic heterocycles. The highest BCUT2D eigenvalue weighted by molar-refractivity contribution is 6.35. The summed E-state index contributed by atoms with van der Waals surface area (Å²) in [5.74, 6) is -1.57. The van der Waals surface area contributed by atoms with Crippen LogP contribution in [0.15, 0.2) is 41.5 Å². The van der Waals surface area contributed by atoms with Gasteiger partial charge in [-0.3, -0.25) is 9.59 Å². The van der Waals surface area contributed by atoms with Crippen molar-refractivity contribution in [3.8, 4) is 0 Å². The molecule has 0 spiro atoms. The molecule has 148 valence electrons. The largest absolute Gasteiger partial charge is 0.355 e. The third kappa shape index (κ3) is 6.25. The molecule has 0 aliphatic carbocycles. The van der Waals surface area contributed by atoms with Gasteiger partial charge in [0.15, 0.2) is 0 Å². The minimum atomic E-state index is -0.834. The number of nitrogens with zero attached hydrogens (tertiary/aromatic N) is 1. The highest BCUT2D eigenvalue weighted by Crippen LogP contribution is 2.27. The van der Waals surface area contributed by atoms with Crippen LogP contribution in [0.1, 0.15) is 31.4 Å². The first-order valence-corrected chi connectivity index (χ1v) is 9.52. The van der Waals surface area contributed by atoms with Crippen LogP contribution in [0.2, 0.25) is 10.0 Å². The van der Waals surface area contributed by atoms with Crippen LogP contribution < -0.4 is 16.1 Å². The number of benzene rings is 2. The zero-order chi connectivity index (χ0) is 20.7. The van der Waals surface area contributed by atoms with Crippen LogP contribution in [-0.4, -0.2) is 24.1 Å². The molecule has 0 aliphatic heterocycles. The van der Waals surface area contributed by atoms with Crippen molar-refractivity contribution in [1.29, 1.82) is 0 Å². The predicted molar refractivity (Wildman–Crippen MR) is 115 cm³/mol. The molecule has 3 N–H and O–H groups in total. The van der Waals surface area contributed by atoms with Gasteiger partial charge in [-0.15, -0.1) is 0 Å². The first kappa shape index (κ1) is 21.7. The molecule has 1 atom stereocenters. The van der Waals surface area contributed by atoms with E-state index in [9.17, 15) is 9.59 Å². The minimum Gasteiger partial charge on any atom is -0.355 e. The summed E-state index contributed by atoms with van der Waals surface area (Å²) in [7, 11) is 0. The zero-order valence-corrected chi connectivity index (χ0v) is 17.4. The minimum absolute atomic E-state index is 0.0908. The first-order chi connectivity index (χ1) is 13.3.